The number of nitrogens with zero attached hydrogens (tertiary/aromatic N) is 2. The molecule has 1 aromatic heterocycles. The molecule has 0 aliphatic carbocycles. The molecule has 0 radical (unpaired) electrons. The zero-order valence-corrected chi connectivity index (χ0v) is 9.05. The van der Waals surface area contributed by atoms with Gasteiger partial charge in [-0.3, -0.25) is 9.71 Å². The lowest BCUT2D eigenvalue weighted by molar-refractivity contribution is 0.601. The van der Waals surface area contributed by atoms with Crippen LogP contribution in [0.2, 0.25) is 0 Å². The van der Waals surface area contributed by atoms with E-state index in [1.807, 2.05) is 0 Å². The standard InChI is InChI=1S/C10H9N3O2S/c14-16(15,9-4-2-1-3-5-9)13-10-8-11-6-7-12-10/h1-8H,(H,12,13). The third-order valence-corrected chi connectivity index (χ3v) is 3.23. The van der Waals surface area contributed by atoms with Gasteiger partial charge in [0.25, 0.3) is 10.0 Å². The van der Waals surface area contributed by atoms with E-state index in [9.17, 15) is 8.42 Å². The minimum absolute atomic E-state index is 0.195. The lowest BCUT2D eigenvalue weighted by atomic mass is 10.4. The Morgan fingerprint density at radius 1 is 1.06 bits per heavy atom. The van der Waals surface area contributed by atoms with Gasteiger partial charge in [-0.15, -0.1) is 0 Å². The van der Waals surface area contributed by atoms with Crippen molar-refractivity contribution < 1.29 is 8.42 Å². The first-order chi connectivity index (χ1) is 7.68. The van der Waals surface area contributed by atoms with Gasteiger partial charge in [-0.1, -0.05) is 18.2 Å². The number of benzene rings is 1. The number of sulfonamides is 1. The van der Waals surface area contributed by atoms with Crippen molar-refractivity contribution in [2.45, 2.75) is 4.90 Å². The number of aromatic nitrogens is 2. The molecule has 6 heteroatoms. The number of hydrogen-bond acceptors (Lipinski definition) is 4. The minimum Gasteiger partial charge on any atom is -0.262 e. The van der Waals surface area contributed by atoms with Gasteiger partial charge in [-0.25, -0.2) is 13.4 Å². The zero-order valence-electron chi connectivity index (χ0n) is 8.24. The van der Waals surface area contributed by atoms with Gasteiger partial charge in [-0.05, 0) is 12.1 Å². The highest BCUT2D eigenvalue weighted by molar-refractivity contribution is 7.92. The molecule has 82 valence electrons. The van der Waals surface area contributed by atoms with Crippen LogP contribution in [-0.2, 0) is 10.0 Å². The van der Waals surface area contributed by atoms with Gasteiger partial charge in [0, 0.05) is 12.4 Å². The van der Waals surface area contributed by atoms with E-state index in [1.165, 1.54) is 30.7 Å². The van der Waals surface area contributed by atoms with Gasteiger partial charge >= 0.3 is 0 Å². The second kappa shape index (κ2) is 4.28. The SMILES string of the molecule is O=S(=O)(Nc1cnccn1)c1ccccc1. The fraction of sp³-hybridized carbons (Fsp3) is 0. The fourth-order valence-electron chi connectivity index (χ4n) is 1.15. The average Bonchev–Trinajstić information content (AvgIpc) is 2.31. The second-order valence-corrected chi connectivity index (χ2v) is 4.69. The first-order valence-corrected chi connectivity index (χ1v) is 6.01. The van der Waals surface area contributed by atoms with Crippen LogP contribution in [-0.4, -0.2) is 18.4 Å². The highest BCUT2D eigenvalue weighted by atomic mass is 32.2. The summed E-state index contributed by atoms with van der Waals surface area (Å²) in [6.45, 7) is 0. The molecule has 16 heavy (non-hydrogen) atoms. The maximum atomic E-state index is 11.8. The summed E-state index contributed by atoms with van der Waals surface area (Å²) in [7, 11) is -3.57. The second-order valence-electron chi connectivity index (χ2n) is 3.01. The van der Waals surface area contributed by atoms with Crippen molar-refractivity contribution in [2.75, 3.05) is 4.72 Å². The van der Waals surface area contributed by atoms with Crippen molar-refractivity contribution in [3.8, 4) is 0 Å². The summed E-state index contributed by atoms with van der Waals surface area (Å²) >= 11 is 0. The predicted octanol–water partition coefficient (Wildman–Crippen LogP) is 1.28. The van der Waals surface area contributed by atoms with Crippen molar-refractivity contribution in [1.82, 2.24) is 9.97 Å². The van der Waals surface area contributed by atoms with Crippen LogP contribution in [0.15, 0.2) is 53.8 Å². The van der Waals surface area contributed by atoms with Gasteiger partial charge < -0.3 is 0 Å². The smallest absolute Gasteiger partial charge is 0.262 e. The van der Waals surface area contributed by atoms with Crippen LogP contribution < -0.4 is 4.72 Å². The molecule has 0 saturated carbocycles. The Hall–Kier alpha value is -1.95. The monoisotopic (exact) mass is 235 g/mol. The molecule has 2 aromatic rings. The van der Waals surface area contributed by atoms with Crippen molar-refractivity contribution in [3.63, 3.8) is 0 Å². The Labute approximate surface area is 93.2 Å². The van der Waals surface area contributed by atoms with Crippen LogP contribution in [0.4, 0.5) is 5.82 Å². The molecule has 1 aromatic carbocycles. The average molecular weight is 235 g/mol. The van der Waals surface area contributed by atoms with Crippen LogP contribution in [0.5, 0.6) is 0 Å². The Balaban J connectivity index is 2.29. The maximum absolute atomic E-state index is 11.8. The van der Waals surface area contributed by atoms with Crippen LogP contribution in [0.25, 0.3) is 0 Å². The molecule has 0 unspecified atom stereocenters. The molecule has 5 nitrogen and oxygen atoms in total. The van der Waals surface area contributed by atoms with Crippen molar-refractivity contribution in [2.24, 2.45) is 0 Å². The van der Waals surface area contributed by atoms with Gasteiger partial charge in [0.2, 0.25) is 0 Å². The molecular weight excluding hydrogens is 226 g/mol. The summed E-state index contributed by atoms with van der Waals surface area (Å²) < 4.78 is 26.0. The quantitative estimate of drug-likeness (QED) is 0.869. The summed E-state index contributed by atoms with van der Waals surface area (Å²) in [6.07, 6.45) is 4.24. The molecule has 0 saturated heterocycles. The largest absolute Gasteiger partial charge is 0.263 e. The molecule has 0 aliphatic heterocycles. The van der Waals surface area contributed by atoms with E-state index in [0.29, 0.717) is 0 Å². The van der Waals surface area contributed by atoms with E-state index >= 15 is 0 Å². The molecule has 1 N–H and O–H groups in total. The topological polar surface area (TPSA) is 72.0 Å². The highest BCUT2D eigenvalue weighted by Gasteiger charge is 2.13. The zero-order chi connectivity index (χ0) is 11.4. The summed E-state index contributed by atoms with van der Waals surface area (Å²) in [4.78, 5) is 7.80. The Kier molecular flexibility index (Phi) is 2.82. The van der Waals surface area contributed by atoms with E-state index in [2.05, 4.69) is 14.7 Å². The van der Waals surface area contributed by atoms with E-state index in [1.54, 1.807) is 18.2 Å². The van der Waals surface area contributed by atoms with E-state index < -0.39 is 10.0 Å². The minimum atomic E-state index is -3.57. The maximum Gasteiger partial charge on any atom is 0.263 e. The van der Waals surface area contributed by atoms with Crippen molar-refractivity contribution in [3.05, 3.63) is 48.9 Å². The van der Waals surface area contributed by atoms with E-state index in [0.717, 1.165) is 0 Å². The van der Waals surface area contributed by atoms with Crippen molar-refractivity contribution in [1.29, 1.82) is 0 Å². The molecule has 0 fully saturated rings. The molecule has 1 heterocycles. The third-order valence-electron chi connectivity index (χ3n) is 1.86. The molecule has 0 aliphatic rings. The molecule has 0 atom stereocenters. The lowest BCUT2D eigenvalue weighted by Crippen LogP contribution is -2.13. The van der Waals surface area contributed by atoms with Crippen LogP contribution >= 0.6 is 0 Å². The molecule has 0 spiro atoms. The van der Waals surface area contributed by atoms with Gasteiger partial charge in [-0.2, -0.15) is 0 Å². The predicted molar refractivity (Wildman–Crippen MR) is 59.3 cm³/mol. The van der Waals surface area contributed by atoms with Gasteiger partial charge in [0.05, 0.1) is 11.1 Å². The Morgan fingerprint density at radius 2 is 1.81 bits per heavy atom. The first kappa shape index (κ1) is 10.6. The number of nitrogens with one attached hydrogen (secondary N) is 1. The van der Waals surface area contributed by atoms with Crippen LogP contribution in [0.3, 0.4) is 0 Å². The van der Waals surface area contributed by atoms with Crippen LogP contribution in [0, 0.1) is 0 Å². The third kappa shape index (κ3) is 2.34. The number of rotatable bonds is 3. The number of anilines is 1. The fourth-order valence-corrected chi connectivity index (χ4v) is 2.16. The number of hydrogen-bond donors (Lipinski definition) is 1. The molecule has 0 bridgehead atoms. The normalized spacial score (nSPS) is 11.0. The summed E-state index contributed by atoms with van der Waals surface area (Å²) in [5.74, 6) is 0.200. The molecule has 2 rings (SSSR count). The highest BCUT2D eigenvalue weighted by Crippen LogP contribution is 2.12. The van der Waals surface area contributed by atoms with E-state index in [-0.39, 0.29) is 10.7 Å². The lowest BCUT2D eigenvalue weighted by Gasteiger charge is -2.05. The van der Waals surface area contributed by atoms with Crippen LogP contribution in [0.1, 0.15) is 0 Å². The van der Waals surface area contributed by atoms with E-state index in [4.69, 9.17) is 0 Å². The summed E-state index contributed by atoms with van der Waals surface area (Å²) in [6, 6.07) is 8.09. The summed E-state index contributed by atoms with van der Waals surface area (Å²) in [5, 5.41) is 0. The Morgan fingerprint density at radius 3 is 2.44 bits per heavy atom. The molecular formula is C10H9N3O2S. The van der Waals surface area contributed by atoms with Crippen molar-refractivity contribution >= 4 is 15.8 Å². The molecule has 0 amide bonds. The summed E-state index contributed by atoms with van der Waals surface area (Å²) in [5.41, 5.74) is 0. The first-order valence-electron chi connectivity index (χ1n) is 4.52. The van der Waals surface area contributed by atoms with Gasteiger partial charge in [0.1, 0.15) is 0 Å². The Bertz CT molecular complexity index is 555. The van der Waals surface area contributed by atoms with Gasteiger partial charge in [0.15, 0.2) is 5.82 Å².